The summed E-state index contributed by atoms with van der Waals surface area (Å²) in [6, 6.07) is 10.5. The van der Waals surface area contributed by atoms with Crippen LogP contribution in [-0.4, -0.2) is 46.3 Å². The third kappa shape index (κ3) is 3.78. The first-order chi connectivity index (χ1) is 14.7. The van der Waals surface area contributed by atoms with Gasteiger partial charge in [0.15, 0.2) is 0 Å². The Labute approximate surface area is 182 Å². The topological polar surface area (TPSA) is 67.5 Å². The normalized spacial score (nSPS) is 24.4. The molecule has 1 aromatic heterocycles. The number of fused-ring (bicyclic) bond motifs is 3. The number of hydrogen-bond acceptors (Lipinski definition) is 4. The van der Waals surface area contributed by atoms with E-state index in [1.807, 2.05) is 25.7 Å². The molecule has 2 aliphatic heterocycles. The Kier molecular flexibility index (Phi) is 4.74. The number of nitrogens with zero attached hydrogens (tertiary/aromatic N) is 2. The zero-order valence-electron chi connectivity index (χ0n) is 18.8. The number of aryl methyl sites for hydroxylation is 1. The molecule has 164 valence electrons. The molecular weight excluding hydrogens is 390 g/mol. The maximum absolute atomic E-state index is 13.2. The van der Waals surface area contributed by atoms with Gasteiger partial charge in [0, 0.05) is 24.0 Å². The van der Waals surface area contributed by atoms with E-state index in [1.54, 1.807) is 0 Å². The zero-order chi connectivity index (χ0) is 21.8. The van der Waals surface area contributed by atoms with Crippen molar-refractivity contribution in [3.8, 4) is 0 Å². The highest BCUT2D eigenvalue weighted by molar-refractivity contribution is 6.04. The smallest absolute Gasteiger partial charge is 0.410 e. The number of carbonyl (C=O) groups is 1. The van der Waals surface area contributed by atoms with E-state index in [4.69, 9.17) is 14.5 Å². The Balaban J connectivity index is 1.55. The number of likely N-dealkylation sites (tertiary alicyclic amines) is 1. The lowest BCUT2D eigenvalue weighted by Gasteiger charge is -2.33. The average Bonchev–Trinajstić information content (AvgIpc) is 3.29. The molecule has 2 aromatic carbocycles. The van der Waals surface area contributed by atoms with E-state index < -0.39 is 5.60 Å². The van der Waals surface area contributed by atoms with Crippen molar-refractivity contribution in [2.45, 2.75) is 58.6 Å². The minimum absolute atomic E-state index is 0.0298. The summed E-state index contributed by atoms with van der Waals surface area (Å²) in [6.45, 7) is 9.95. The first kappa shape index (κ1) is 20.3. The van der Waals surface area contributed by atoms with Crippen LogP contribution in [0.4, 0.5) is 4.79 Å². The van der Waals surface area contributed by atoms with Crippen LogP contribution >= 0.6 is 0 Å². The number of carbonyl (C=O) groups excluding carboxylic acids is 1. The maximum atomic E-state index is 13.2. The quantitative estimate of drug-likeness (QED) is 0.563. The second kappa shape index (κ2) is 7.23. The van der Waals surface area contributed by atoms with E-state index in [1.165, 1.54) is 10.9 Å². The van der Waals surface area contributed by atoms with Crippen LogP contribution in [0.1, 0.15) is 57.5 Å². The van der Waals surface area contributed by atoms with Crippen molar-refractivity contribution >= 4 is 27.9 Å². The van der Waals surface area contributed by atoms with Gasteiger partial charge in [0.1, 0.15) is 11.4 Å². The number of benzene rings is 2. The summed E-state index contributed by atoms with van der Waals surface area (Å²) in [5.41, 5.74) is 2.61. The summed E-state index contributed by atoms with van der Waals surface area (Å²) < 4.78 is 11.6. The van der Waals surface area contributed by atoms with Gasteiger partial charge in [0.25, 0.3) is 0 Å². The Morgan fingerprint density at radius 3 is 2.87 bits per heavy atom. The van der Waals surface area contributed by atoms with Gasteiger partial charge in [0.2, 0.25) is 0 Å². The third-order valence-corrected chi connectivity index (χ3v) is 6.50. The van der Waals surface area contributed by atoms with Crippen molar-refractivity contribution in [2.24, 2.45) is 5.41 Å². The Hall–Kier alpha value is -2.60. The fraction of sp³-hybridized carbons (Fsp3) is 0.520. The summed E-state index contributed by atoms with van der Waals surface area (Å²) in [6.07, 6.45) is 2.65. The largest absolute Gasteiger partial charge is 0.444 e. The summed E-state index contributed by atoms with van der Waals surface area (Å²) >= 11 is 0. The molecule has 0 radical (unpaired) electrons. The van der Waals surface area contributed by atoms with Gasteiger partial charge in [-0.05, 0) is 58.4 Å². The summed E-state index contributed by atoms with van der Waals surface area (Å²) in [5.74, 6) is 0.830. The van der Waals surface area contributed by atoms with E-state index in [9.17, 15) is 4.79 Å². The van der Waals surface area contributed by atoms with Crippen LogP contribution in [0, 0.1) is 12.3 Å². The molecule has 31 heavy (non-hydrogen) atoms. The summed E-state index contributed by atoms with van der Waals surface area (Å²) in [5, 5.41) is 2.31. The van der Waals surface area contributed by atoms with Gasteiger partial charge >= 0.3 is 6.09 Å². The minimum atomic E-state index is -0.539. The number of ether oxygens (including phenoxy) is 2. The molecule has 1 amide bonds. The van der Waals surface area contributed by atoms with E-state index in [0.717, 1.165) is 48.1 Å². The van der Waals surface area contributed by atoms with E-state index in [0.29, 0.717) is 13.2 Å². The van der Waals surface area contributed by atoms with Gasteiger partial charge in [-0.15, -0.1) is 0 Å². The molecule has 0 unspecified atom stereocenters. The van der Waals surface area contributed by atoms with E-state index >= 15 is 0 Å². The number of amides is 1. The fourth-order valence-corrected chi connectivity index (χ4v) is 5.11. The minimum Gasteiger partial charge on any atom is -0.444 e. The summed E-state index contributed by atoms with van der Waals surface area (Å²) in [7, 11) is 0. The molecule has 5 rings (SSSR count). The highest BCUT2D eigenvalue weighted by atomic mass is 16.6. The van der Waals surface area contributed by atoms with Gasteiger partial charge < -0.3 is 14.5 Å². The highest BCUT2D eigenvalue weighted by Gasteiger charge is 2.49. The van der Waals surface area contributed by atoms with E-state index in [-0.39, 0.29) is 17.6 Å². The number of imidazole rings is 1. The van der Waals surface area contributed by atoms with E-state index in [2.05, 4.69) is 42.2 Å². The van der Waals surface area contributed by atoms with Gasteiger partial charge in [-0.2, -0.15) is 0 Å². The third-order valence-electron chi connectivity index (χ3n) is 6.50. The first-order valence-electron chi connectivity index (χ1n) is 11.2. The predicted octanol–water partition coefficient (Wildman–Crippen LogP) is 5.50. The lowest BCUT2D eigenvalue weighted by Crippen LogP contribution is -2.40. The molecule has 6 nitrogen and oxygen atoms in total. The van der Waals surface area contributed by atoms with Crippen molar-refractivity contribution in [2.75, 3.05) is 19.8 Å². The number of aromatic amines is 1. The number of hydrogen-bond donors (Lipinski definition) is 1. The number of rotatable bonds is 1. The second-order valence-corrected chi connectivity index (χ2v) is 10.3. The number of H-pyrrole nitrogens is 1. The zero-order valence-corrected chi connectivity index (χ0v) is 18.8. The maximum Gasteiger partial charge on any atom is 0.410 e. The second-order valence-electron chi connectivity index (χ2n) is 10.3. The van der Waals surface area contributed by atoms with Crippen molar-refractivity contribution in [1.29, 1.82) is 0 Å². The van der Waals surface area contributed by atoms with Gasteiger partial charge in [-0.25, -0.2) is 9.78 Å². The van der Waals surface area contributed by atoms with Crippen molar-refractivity contribution in [1.82, 2.24) is 14.9 Å². The molecule has 2 atom stereocenters. The van der Waals surface area contributed by atoms with Crippen LogP contribution in [0.3, 0.4) is 0 Å². The monoisotopic (exact) mass is 421 g/mol. The van der Waals surface area contributed by atoms with Crippen molar-refractivity contribution < 1.29 is 14.3 Å². The summed E-state index contributed by atoms with van der Waals surface area (Å²) in [4.78, 5) is 23.5. The molecule has 1 N–H and O–H groups in total. The van der Waals surface area contributed by atoms with Gasteiger partial charge in [-0.1, -0.05) is 29.8 Å². The van der Waals surface area contributed by atoms with Crippen LogP contribution in [0.5, 0.6) is 0 Å². The highest BCUT2D eigenvalue weighted by Crippen LogP contribution is 2.47. The SMILES string of the molecule is Cc1ccc2c(ccc3[nH]c([C@@H]4C[C@@]5(CCCOC5)CN4C(=O)OC(C)(C)C)nc32)c1. The van der Waals surface area contributed by atoms with Crippen molar-refractivity contribution in [3.05, 3.63) is 41.7 Å². The fourth-order valence-electron chi connectivity index (χ4n) is 5.11. The first-order valence-corrected chi connectivity index (χ1v) is 11.2. The lowest BCUT2D eigenvalue weighted by atomic mass is 9.80. The molecule has 1 spiro atoms. The molecule has 3 aromatic rings. The lowest BCUT2D eigenvalue weighted by molar-refractivity contribution is -0.00754. The van der Waals surface area contributed by atoms with Crippen LogP contribution in [0.15, 0.2) is 30.3 Å². The molecule has 2 fully saturated rings. The molecule has 0 aliphatic carbocycles. The molecule has 2 saturated heterocycles. The van der Waals surface area contributed by atoms with Crippen molar-refractivity contribution in [3.63, 3.8) is 0 Å². The number of aromatic nitrogens is 2. The van der Waals surface area contributed by atoms with Gasteiger partial charge in [-0.3, -0.25) is 4.90 Å². The molecule has 0 saturated carbocycles. The molecule has 2 aliphatic rings. The molecule has 3 heterocycles. The number of nitrogens with one attached hydrogen (secondary N) is 1. The van der Waals surface area contributed by atoms with Gasteiger partial charge in [0.05, 0.1) is 23.7 Å². The predicted molar refractivity (Wildman–Crippen MR) is 121 cm³/mol. The van der Waals surface area contributed by atoms with Crippen LogP contribution in [-0.2, 0) is 9.47 Å². The standard InChI is InChI=1S/C25H31N3O3/c1-16-6-8-18-17(12-16)7-9-19-21(18)27-22(26-19)20-13-25(10-5-11-30-15-25)14-28(20)23(29)31-24(2,3)4/h6-9,12,20H,5,10-11,13-15H2,1-4H3,(H,26,27)/t20-,25-/m0/s1. The Bertz CT molecular complexity index is 1140. The van der Waals surface area contributed by atoms with Crippen LogP contribution < -0.4 is 0 Å². The molecular formula is C25H31N3O3. The molecule has 6 heteroatoms. The molecule has 0 bridgehead atoms. The van der Waals surface area contributed by atoms with Crippen LogP contribution in [0.2, 0.25) is 0 Å². The average molecular weight is 422 g/mol. The Morgan fingerprint density at radius 1 is 1.29 bits per heavy atom. The van der Waals surface area contributed by atoms with Crippen LogP contribution in [0.25, 0.3) is 21.8 Å². The Morgan fingerprint density at radius 2 is 2.13 bits per heavy atom.